The summed E-state index contributed by atoms with van der Waals surface area (Å²) in [5.41, 5.74) is 1.58. The summed E-state index contributed by atoms with van der Waals surface area (Å²) in [6.45, 7) is 0.676. The number of amides is 1. The number of benzene rings is 1. The van der Waals surface area contributed by atoms with Crippen LogP contribution >= 0.6 is 0 Å². The highest BCUT2D eigenvalue weighted by Crippen LogP contribution is 2.14. The third-order valence-corrected chi connectivity index (χ3v) is 6.38. The first-order chi connectivity index (χ1) is 14.8. The normalized spacial score (nSPS) is 11.5. The number of aryl methyl sites for hydroxylation is 1. The van der Waals surface area contributed by atoms with E-state index in [1.54, 1.807) is 24.5 Å². The fourth-order valence-electron chi connectivity index (χ4n) is 2.80. The van der Waals surface area contributed by atoms with Crippen molar-refractivity contribution in [2.75, 3.05) is 20.6 Å². The van der Waals surface area contributed by atoms with Crippen LogP contribution in [0, 0.1) is 0 Å². The predicted molar refractivity (Wildman–Crippen MR) is 116 cm³/mol. The molecule has 1 N–H and O–H groups in total. The van der Waals surface area contributed by atoms with Gasteiger partial charge in [-0.15, -0.1) is 0 Å². The standard InChI is InChI=1S/C21H23N5O4S/c1-25(2)31(29,30)18-8-6-16(7-9-18)21(28)23-13-4-14-26-20(27)11-10-19(24-26)17-5-3-12-22-15-17/h3,5-12,15H,4,13-14H2,1-2H3,(H,23,28). The van der Waals surface area contributed by atoms with Gasteiger partial charge in [-0.1, -0.05) is 0 Å². The summed E-state index contributed by atoms with van der Waals surface area (Å²) in [7, 11) is -0.646. The highest BCUT2D eigenvalue weighted by molar-refractivity contribution is 7.89. The van der Waals surface area contributed by atoms with Gasteiger partial charge in [-0.05, 0) is 48.9 Å². The molecule has 9 nitrogen and oxygen atoms in total. The van der Waals surface area contributed by atoms with Crippen molar-refractivity contribution in [3.8, 4) is 11.3 Å². The van der Waals surface area contributed by atoms with Crippen LogP contribution < -0.4 is 10.9 Å². The van der Waals surface area contributed by atoms with Gasteiger partial charge in [-0.2, -0.15) is 5.10 Å². The Morgan fingerprint density at radius 1 is 1.10 bits per heavy atom. The topological polar surface area (TPSA) is 114 Å². The molecule has 0 unspecified atom stereocenters. The molecule has 2 heterocycles. The Bertz CT molecular complexity index is 1210. The minimum absolute atomic E-state index is 0.119. The molecule has 0 bridgehead atoms. The number of sulfonamides is 1. The number of rotatable bonds is 8. The van der Waals surface area contributed by atoms with Crippen LogP contribution in [0.5, 0.6) is 0 Å². The summed E-state index contributed by atoms with van der Waals surface area (Å²) in [6, 6.07) is 12.5. The number of nitrogens with one attached hydrogen (secondary N) is 1. The molecule has 0 fully saturated rings. The Hall–Kier alpha value is -3.37. The first-order valence-corrected chi connectivity index (χ1v) is 11.0. The maximum Gasteiger partial charge on any atom is 0.266 e. The van der Waals surface area contributed by atoms with E-state index in [0.717, 1.165) is 9.87 Å². The van der Waals surface area contributed by atoms with Crippen molar-refractivity contribution in [3.63, 3.8) is 0 Å². The fraction of sp³-hybridized carbons (Fsp3) is 0.238. The quantitative estimate of drug-likeness (QED) is 0.528. The monoisotopic (exact) mass is 441 g/mol. The van der Waals surface area contributed by atoms with Crippen molar-refractivity contribution in [1.29, 1.82) is 0 Å². The van der Waals surface area contributed by atoms with Gasteiger partial charge in [0.15, 0.2) is 0 Å². The summed E-state index contributed by atoms with van der Waals surface area (Å²) in [5.74, 6) is -0.321. The molecule has 0 aliphatic carbocycles. The Balaban J connectivity index is 1.56. The Morgan fingerprint density at radius 3 is 2.48 bits per heavy atom. The second-order valence-electron chi connectivity index (χ2n) is 6.94. The molecule has 0 atom stereocenters. The Kier molecular flexibility index (Phi) is 6.93. The third kappa shape index (κ3) is 5.41. The van der Waals surface area contributed by atoms with E-state index in [4.69, 9.17) is 0 Å². The summed E-state index contributed by atoms with van der Waals surface area (Å²) in [4.78, 5) is 28.5. The highest BCUT2D eigenvalue weighted by atomic mass is 32.2. The van der Waals surface area contributed by atoms with Crippen molar-refractivity contribution in [1.82, 2.24) is 24.4 Å². The van der Waals surface area contributed by atoms with Gasteiger partial charge in [-0.25, -0.2) is 17.4 Å². The van der Waals surface area contributed by atoms with Crippen LogP contribution in [0.3, 0.4) is 0 Å². The molecule has 0 aliphatic heterocycles. The zero-order valence-corrected chi connectivity index (χ0v) is 18.0. The number of carbonyl (C=O) groups is 1. The van der Waals surface area contributed by atoms with E-state index in [1.165, 1.54) is 49.1 Å². The molecule has 3 rings (SSSR count). The van der Waals surface area contributed by atoms with Crippen LogP contribution in [0.1, 0.15) is 16.8 Å². The van der Waals surface area contributed by atoms with E-state index >= 15 is 0 Å². The molecule has 162 valence electrons. The average molecular weight is 442 g/mol. The average Bonchev–Trinajstić information content (AvgIpc) is 2.78. The number of aromatic nitrogens is 3. The summed E-state index contributed by atoms with van der Waals surface area (Å²) in [6.07, 6.45) is 3.84. The van der Waals surface area contributed by atoms with Crippen molar-refractivity contribution < 1.29 is 13.2 Å². The lowest BCUT2D eigenvalue weighted by Crippen LogP contribution is -2.28. The Morgan fingerprint density at radius 2 is 1.84 bits per heavy atom. The third-order valence-electron chi connectivity index (χ3n) is 4.55. The van der Waals surface area contributed by atoms with E-state index in [1.807, 2.05) is 6.07 Å². The van der Waals surface area contributed by atoms with Gasteiger partial charge in [0.05, 0.1) is 10.6 Å². The summed E-state index contributed by atoms with van der Waals surface area (Å²) in [5, 5.41) is 7.12. The van der Waals surface area contributed by atoms with Crippen LogP contribution in [0.25, 0.3) is 11.3 Å². The second kappa shape index (κ2) is 9.63. The zero-order valence-electron chi connectivity index (χ0n) is 17.2. The summed E-state index contributed by atoms with van der Waals surface area (Å²) < 4.78 is 26.6. The molecule has 1 amide bonds. The number of carbonyl (C=O) groups excluding carboxylic acids is 1. The minimum Gasteiger partial charge on any atom is -0.352 e. The van der Waals surface area contributed by atoms with Gasteiger partial charge in [0, 0.05) is 56.8 Å². The van der Waals surface area contributed by atoms with Crippen molar-refractivity contribution in [2.24, 2.45) is 0 Å². The molecule has 0 aliphatic rings. The molecule has 0 saturated carbocycles. The van der Waals surface area contributed by atoms with Crippen LogP contribution in [0.2, 0.25) is 0 Å². The van der Waals surface area contributed by atoms with E-state index < -0.39 is 10.0 Å². The number of hydrogen-bond acceptors (Lipinski definition) is 6. The molecule has 1 aromatic carbocycles. The lowest BCUT2D eigenvalue weighted by Gasteiger charge is -2.12. The number of hydrogen-bond donors (Lipinski definition) is 1. The lowest BCUT2D eigenvalue weighted by molar-refractivity contribution is 0.0952. The van der Waals surface area contributed by atoms with Gasteiger partial charge in [0.1, 0.15) is 0 Å². The molecule has 3 aromatic rings. The van der Waals surface area contributed by atoms with Crippen LogP contribution in [-0.2, 0) is 16.6 Å². The van der Waals surface area contributed by atoms with Gasteiger partial charge in [-0.3, -0.25) is 14.6 Å². The molecule has 0 spiro atoms. The van der Waals surface area contributed by atoms with E-state index in [0.29, 0.717) is 30.8 Å². The smallest absolute Gasteiger partial charge is 0.266 e. The highest BCUT2D eigenvalue weighted by Gasteiger charge is 2.17. The van der Waals surface area contributed by atoms with Crippen LogP contribution in [0.15, 0.2) is 70.6 Å². The first-order valence-electron chi connectivity index (χ1n) is 9.58. The summed E-state index contributed by atoms with van der Waals surface area (Å²) >= 11 is 0. The van der Waals surface area contributed by atoms with Gasteiger partial charge < -0.3 is 5.32 Å². The second-order valence-corrected chi connectivity index (χ2v) is 9.09. The van der Waals surface area contributed by atoms with Gasteiger partial charge in [0.2, 0.25) is 10.0 Å². The number of pyridine rings is 1. The molecular weight excluding hydrogens is 418 g/mol. The van der Waals surface area contributed by atoms with E-state index in [-0.39, 0.29) is 16.4 Å². The van der Waals surface area contributed by atoms with Crippen molar-refractivity contribution in [3.05, 3.63) is 76.8 Å². The fourth-order valence-corrected chi connectivity index (χ4v) is 3.70. The SMILES string of the molecule is CN(C)S(=O)(=O)c1ccc(C(=O)NCCCn2nc(-c3cccnc3)ccc2=O)cc1. The molecule has 2 aromatic heterocycles. The van der Waals surface area contributed by atoms with Crippen LogP contribution in [0.4, 0.5) is 0 Å². The predicted octanol–water partition coefficient (Wildman–Crippen LogP) is 1.38. The minimum atomic E-state index is -3.54. The maximum absolute atomic E-state index is 12.3. The molecule has 0 radical (unpaired) electrons. The maximum atomic E-state index is 12.3. The first kappa shape index (κ1) is 22.3. The van der Waals surface area contributed by atoms with Crippen LogP contribution in [-0.4, -0.2) is 54.0 Å². The molecule has 0 saturated heterocycles. The van der Waals surface area contributed by atoms with Crippen molar-refractivity contribution in [2.45, 2.75) is 17.9 Å². The van der Waals surface area contributed by atoms with Gasteiger partial charge >= 0.3 is 0 Å². The number of nitrogens with zero attached hydrogens (tertiary/aromatic N) is 4. The van der Waals surface area contributed by atoms with E-state index in [2.05, 4.69) is 15.4 Å². The van der Waals surface area contributed by atoms with E-state index in [9.17, 15) is 18.0 Å². The molecular formula is C21H23N5O4S. The zero-order chi connectivity index (χ0) is 22.4. The lowest BCUT2D eigenvalue weighted by atomic mass is 10.2. The molecule has 31 heavy (non-hydrogen) atoms. The largest absolute Gasteiger partial charge is 0.352 e. The van der Waals surface area contributed by atoms with Crippen molar-refractivity contribution >= 4 is 15.9 Å². The van der Waals surface area contributed by atoms with Gasteiger partial charge in [0.25, 0.3) is 11.5 Å². The molecule has 10 heteroatoms. The Labute approximate surface area is 180 Å².